The summed E-state index contributed by atoms with van der Waals surface area (Å²) in [6.07, 6.45) is 0. The Bertz CT molecular complexity index is 943. The minimum absolute atomic E-state index is 0.0950. The van der Waals surface area contributed by atoms with E-state index in [9.17, 15) is 14.4 Å². The lowest BCUT2D eigenvalue weighted by Crippen LogP contribution is -2.43. The second-order valence-electron chi connectivity index (χ2n) is 6.34. The van der Waals surface area contributed by atoms with Crippen LogP contribution in [0.25, 0.3) is 0 Å². The van der Waals surface area contributed by atoms with Crippen molar-refractivity contribution in [3.63, 3.8) is 0 Å². The normalized spacial score (nSPS) is 11.1. The lowest BCUT2D eigenvalue weighted by Gasteiger charge is -2.16. The average Bonchev–Trinajstić information content (AvgIpc) is 2.54. The topological polar surface area (TPSA) is 139 Å². The summed E-state index contributed by atoms with van der Waals surface area (Å²) in [7, 11) is 1.33. The lowest BCUT2D eigenvalue weighted by molar-refractivity contribution is 0.102. The number of aryl methyl sites for hydroxylation is 1. The molecule has 0 aromatic carbocycles. The minimum Gasteiger partial charge on any atom is -0.384 e. The van der Waals surface area contributed by atoms with E-state index in [-0.39, 0.29) is 23.1 Å². The van der Waals surface area contributed by atoms with Crippen molar-refractivity contribution < 1.29 is 4.79 Å². The molecular weight excluding hydrogens is 356 g/mol. The van der Waals surface area contributed by atoms with Crippen LogP contribution in [0.1, 0.15) is 29.9 Å². The molecule has 0 amide bonds. The molecule has 0 atom stereocenters. The highest BCUT2D eigenvalue weighted by Crippen LogP contribution is 2.18. The van der Waals surface area contributed by atoms with Crippen LogP contribution in [0.15, 0.2) is 20.8 Å². The molecule has 0 unspecified atom stereocenters. The molecule has 2 aromatic rings. The number of rotatable bonds is 6. The molecule has 0 fully saturated rings. The average molecular weight is 378 g/mol. The van der Waals surface area contributed by atoms with Crippen LogP contribution < -0.4 is 22.7 Å². The SMILES string of the molecule is Cc1cc(N)nc(SCC(=O)c2c(N)n(CC(C)C)c(=O)n(C)c2=O)n1. The van der Waals surface area contributed by atoms with Crippen LogP contribution in [-0.4, -0.2) is 30.6 Å². The molecular formula is C16H22N6O3S. The summed E-state index contributed by atoms with van der Waals surface area (Å²) in [6, 6.07) is 1.61. The zero-order valence-electron chi connectivity index (χ0n) is 15.1. The third-order valence-electron chi connectivity index (χ3n) is 3.60. The van der Waals surface area contributed by atoms with Crippen molar-refractivity contribution in [1.82, 2.24) is 19.1 Å². The van der Waals surface area contributed by atoms with Gasteiger partial charge in [0.05, 0.1) is 5.75 Å². The highest BCUT2D eigenvalue weighted by molar-refractivity contribution is 7.99. The summed E-state index contributed by atoms with van der Waals surface area (Å²) in [5.41, 5.74) is 10.9. The second-order valence-corrected chi connectivity index (χ2v) is 7.28. The van der Waals surface area contributed by atoms with E-state index in [1.165, 1.54) is 11.6 Å². The van der Waals surface area contributed by atoms with E-state index in [2.05, 4.69) is 9.97 Å². The van der Waals surface area contributed by atoms with E-state index >= 15 is 0 Å². The monoisotopic (exact) mass is 378 g/mol. The van der Waals surface area contributed by atoms with Gasteiger partial charge in [-0.3, -0.25) is 18.7 Å². The Morgan fingerprint density at radius 1 is 1.27 bits per heavy atom. The molecule has 0 aliphatic carbocycles. The second kappa shape index (κ2) is 7.73. The summed E-state index contributed by atoms with van der Waals surface area (Å²) in [6.45, 7) is 5.89. The summed E-state index contributed by atoms with van der Waals surface area (Å²) >= 11 is 1.06. The fraction of sp³-hybridized carbons (Fsp3) is 0.438. The van der Waals surface area contributed by atoms with Gasteiger partial charge in [0.2, 0.25) is 0 Å². The molecule has 4 N–H and O–H groups in total. The number of thioether (sulfide) groups is 1. The molecule has 0 aliphatic heterocycles. The molecule has 2 heterocycles. The van der Waals surface area contributed by atoms with Gasteiger partial charge in [-0.2, -0.15) is 0 Å². The maximum Gasteiger partial charge on any atom is 0.332 e. The number of aromatic nitrogens is 4. The number of Topliss-reactive ketones (excluding diaryl/α,β-unsaturated/α-hetero) is 1. The number of ketones is 1. The van der Waals surface area contributed by atoms with Crippen molar-refractivity contribution in [2.24, 2.45) is 13.0 Å². The van der Waals surface area contributed by atoms with Crippen LogP contribution in [-0.2, 0) is 13.6 Å². The smallest absolute Gasteiger partial charge is 0.332 e. The van der Waals surface area contributed by atoms with Crippen molar-refractivity contribution in [3.05, 3.63) is 38.2 Å². The molecule has 26 heavy (non-hydrogen) atoms. The number of hydrogen-bond acceptors (Lipinski definition) is 8. The van der Waals surface area contributed by atoms with Crippen molar-refractivity contribution in [1.29, 1.82) is 0 Å². The predicted molar refractivity (Wildman–Crippen MR) is 101 cm³/mol. The first kappa shape index (κ1) is 19.7. The molecule has 0 saturated heterocycles. The number of nitrogen functional groups attached to an aromatic ring is 2. The maximum atomic E-state index is 12.6. The summed E-state index contributed by atoms with van der Waals surface area (Å²) in [5, 5.41) is 0.335. The number of carbonyl (C=O) groups is 1. The van der Waals surface area contributed by atoms with Gasteiger partial charge in [-0.25, -0.2) is 14.8 Å². The Kier molecular flexibility index (Phi) is 5.86. The van der Waals surface area contributed by atoms with Crippen molar-refractivity contribution >= 4 is 29.2 Å². The Balaban J connectivity index is 2.37. The molecule has 0 radical (unpaired) electrons. The molecule has 0 saturated carbocycles. The van der Waals surface area contributed by atoms with Gasteiger partial charge in [-0.05, 0) is 12.8 Å². The van der Waals surface area contributed by atoms with Crippen LogP contribution >= 0.6 is 11.8 Å². The number of carbonyl (C=O) groups excluding carboxylic acids is 1. The van der Waals surface area contributed by atoms with Crippen LogP contribution in [0, 0.1) is 12.8 Å². The fourth-order valence-electron chi connectivity index (χ4n) is 2.42. The van der Waals surface area contributed by atoms with Gasteiger partial charge in [0, 0.05) is 25.4 Å². The van der Waals surface area contributed by atoms with Gasteiger partial charge in [-0.1, -0.05) is 25.6 Å². The van der Waals surface area contributed by atoms with E-state index in [4.69, 9.17) is 11.5 Å². The number of nitrogens with two attached hydrogens (primary N) is 2. The van der Waals surface area contributed by atoms with Crippen molar-refractivity contribution in [2.75, 3.05) is 17.2 Å². The lowest BCUT2D eigenvalue weighted by atomic mass is 10.2. The largest absolute Gasteiger partial charge is 0.384 e. The van der Waals surface area contributed by atoms with E-state index < -0.39 is 17.0 Å². The van der Waals surface area contributed by atoms with E-state index in [1.54, 1.807) is 13.0 Å². The Morgan fingerprint density at radius 3 is 2.50 bits per heavy atom. The zero-order chi connectivity index (χ0) is 19.6. The zero-order valence-corrected chi connectivity index (χ0v) is 16.0. The first-order chi connectivity index (χ1) is 12.1. The van der Waals surface area contributed by atoms with Gasteiger partial charge in [0.25, 0.3) is 5.56 Å². The van der Waals surface area contributed by atoms with E-state index in [1.807, 2.05) is 13.8 Å². The highest BCUT2D eigenvalue weighted by Gasteiger charge is 2.22. The van der Waals surface area contributed by atoms with Gasteiger partial charge < -0.3 is 11.5 Å². The van der Waals surface area contributed by atoms with Gasteiger partial charge in [0.15, 0.2) is 10.9 Å². The van der Waals surface area contributed by atoms with Crippen LogP contribution in [0.2, 0.25) is 0 Å². The molecule has 10 heteroatoms. The molecule has 140 valence electrons. The Morgan fingerprint density at radius 2 is 1.92 bits per heavy atom. The summed E-state index contributed by atoms with van der Waals surface area (Å²) < 4.78 is 2.16. The third-order valence-corrected chi connectivity index (χ3v) is 4.44. The Labute approximate surface area is 154 Å². The maximum absolute atomic E-state index is 12.6. The highest BCUT2D eigenvalue weighted by atomic mass is 32.2. The van der Waals surface area contributed by atoms with Crippen molar-refractivity contribution in [3.8, 4) is 0 Å². The minimum atomic E-state index is -0.706. The third kappa shape index (κ3) is 4.13. The number of anilines is 2. The van der Waals surface area contributed by atoms with Gasteiger partial charge in [-0.15, -0.1) is 0 Å². The molecule has 0 aliphatic rings. The van der Waals surface area contributed by atoms with Crippen molar-refractivity contribution in [2.45, 2.75) is 32.5 Å². The summed E-state index contributed by atoms with van der Waals surface area (Å²) in [5.74, 6) is -0.277. The predicted octanol–water partition coefficient (Wildman–Crippen LogP) is 0.441. The number of hydrogen-bond donors (Lipinski definition) is 2. The Hall–Kier alpha value is -2.62. The standard InChI is InChI=1S/C16H22N6O3S/c1-8(2)6-22-13(18)12(14(24)21(4)16(22)25)10(23)7-26-15-19-9(3)5-11(17)20-15/h5,8H,6-7,18H2,1-4H3,(H2,17,19,20). The van der Waals surface area contributed by atoms with E-state index in [0.717, 1.165) is 16.3 Å². The molecule has 0 bridgehead atoms. The van der Waals surface area contributed by atoms with E-state index in [0.29, 0.717) is 23.2 Å². The first-order valence-corrected chi connectivity index (χ1v) is 8.96. The quantitative estimate of drug-likeness (QED) is 0.419. The molecule has 2 aromatic heterocycles. The van der Waals surface area contributed by atoms with Crippen LogP contribution in [0.3, 0.4) is 0 Å². The first-order valence-electron chi connectivity index (χ1n) is 7.98. The fourth-order valence-corrected chi connectivity index (χ4v) is 3.20. The van der Waals surface area contributed by atoms with Gasteiger partial charge >= 0.3 is 5.69 Å². The van der Waals surface area contributed by atoms with Crippen LogP contribution in [0.5, 0.6) is 0 Å². The molecule has 0 spiro atoms. The molecule has 9 nitrogen and oxygen atoms in total. The summed E-state index contributed by atoms with van der Waals surface area (Å²) in [4.78, 5) is 45.5. The van der Waals surface area contributed by atoms with Gasteiger partial charge in [0.1, 0.15) is 17.2 Å². The molecule has 2 rings (SSSR count). The van der Waals surface area contributed by atoms with Crippen LogP contribution in [0.4, 0.5) is 11.6 Å². The number of nitrogens with zero attached hydrogens (tertiary/aromatic N) is 4.